The zero-order chi connectivity index (χ0) is 12.3. The Kier molecular flexibility index (Phi) is 3.79. The fraction of sp³-hybridized carbons (Fsp3) is 0.143. The van der Waals surface area contributed by atoms with Gasteiger partial charge < -0.3 is 10.8 Å². The Labute approximate surface area is 106 Å². The lowest BCUT2D eigenvalue weighted by atomic mass is 9.98. The Hall–Kier alpha value is -1.35. The third-order valence-corrected chi connectivity index (χ3v) is 2.94. The molecule has 0 atom stereocenters. The van der Waals surface area contributed by atoms with Crippen molar-refractivity contribution < 1.29 is 5.11 Å². The van der Waals surface area contributed by atoms with E-state index in [0.29, 0.717) is 11.6 Å². The summed E-state index contributed by atoms with van der Waals surface area (Å²) >= 11 is 5.95. The monoisotopic (exact) mass is 247 g/mol. The van der Waals surface area contributed by atoms with Crippen LogP contribution in [0.5, 0.6) is 0 Å². The van der Waals surface area contributed by atoms with Gasteiger partial charge in [0.1, 0.15) is 0 Å². The van der Waals surface area contributed by atoms with Crippen LogP contribution in [0.15, 0.2) is 42.5 Å². The van der Waals surface area contributed by atoms with Crippen molar-refractivity contribution in [2.45, 2.75) is 13.2 Å². The first-order valence-electron chi connectivity index (χ1n) is 5.43. The van der Waals surface area contributed by atoms with E-state index in [1.807, 2.05) is 42.5 Å². The van der Waals surface area contributed by atoms with Crippen molar-refractivity contribution in [3.05, 3.63) is 58.6 Å². The van der Waals surface area contributed by atoms with E-state index in [1.54, 1.807) is 0 Å². The van der Waals surface area contributed by atoms with Gasteiger partial charge in [0.05, 0.1) is 6.61 Å². The highest BCUT2D eigenvalue weighted by Gasteiger charge is 2.05. The van der Waals surface area contributed by atoms with Crippen LogP contribution in [0.3, 0.4) is 0 Å². The predicted molar refractivity (Wildman–Crippen MR) is 70.7 cm³/mol. The molecule has 0 radical (unpaired) electrons. The van der Waals surface area contributed by atoms with Crippen molar-refractivity contribution >= 4 is 11.6 Å². The predicted octanol–water partition coefficient (Wildman–Crippen LogP) is 2.96. The van der Waals surface area contributed by atoms with Gasteiger partial charge in [-0.2, -0.15) is 0 Å². The van der Waals surface area contributed by atoms with E-state index in [0.717, 1.165) is 22.3 Å². The molecule has 0 amide bonds. The topological polar surface area (TPSA) is 46.2 Å². The Balaban J connectivity index is 2.51. The van der Waals surface area contributed by atoms with E-state index >= 15 is 0 Å². The van der Waals surface area contributed by atoms with Crippen LogP contribution < -0.4 is 5.73 Å². The Morgan fingerprint density at radius 2 is 1.94 bits per heavy atom. The second-order valence-corrected chi connectivity index (χ2v) is 4.30. The molecule has 0 unspecified atom stereocenters. The van der Waals surface area contributed by atoms with Crippen molar-refractivity contribution in [1.29, 1.82) is 0 Å². The van der Waals surface area contributed by atoms with Crippen LogP contribution in [0.1, 0.15) is 11.1 Å². The van der Waals surface area contributed by atoms with Crippen molar-refractivity contribution in [1.82, 2.24) is 0 Å². The molecule has 2 nitrogen and oxygen atoms in total. The van der Waals surface area contributed by atoms with Crippen LogP contribution in [0, 0.1) is 0 Å². The molecule has 0 aliphatic heterocycles. The minimum Gasteiger partial charge on any atom is -0.392 e. The fourth-order valence-electron chi connectivity index (χ4n) is 1.85. The number of benzene rings is 2. The number of rotatable bonds is 3. The summed E-state index contributed by atoms with van der Waals surface area (Å²) in [5, 5.41) is 9.82. The molecule has 17 heavy (non-hydrogen) atoms. The van der Waals surface area contributed by atoms with Crippen molar-refractivity contribution in [2.24, 2.45) is 5.73 Å². The molecule has 0 bridgehead atoms. The number of hydrogen-bond acceptors (Lipinski definition) is 2. The standard InChI is InChI=1S/C14H14ClNO/c15-13-4-5-14(12(7-13)8-16)11-3-1-2-10(6-11)9-17/h1-7,17H,8-9,16H2. The van der Waals surface area contributed by atoms with E-state index in [2.05, 4.69) is 0 Å². The normalized spacial score (nSPS) is 10.5. The zero-order valence-corrected chi connectivity index (χ0v) is 10.1. The molecule has 88 valence electrons. The van der Waals surface area contributed by atoms with E-state index in [4.69, 9.17) is 22.4 Å². The summed E-state index contributed by atoms with van der Waals surface area (Å²) in [5.41, 5.74) is 9.73. The Bertz CT molecular complexity index is 525. The zero-order valence-electron chi connectivity index (χ0n) is 9.36. The number of hydrogen-bond donors (Lipinski definition) is 2. The van der Waals surface area contributed by atoms with Gasteiger partial charge in [-0.15, -0.1) is 0 Å². The van der Waals surface area contributed by atoms with E-state index in [-0.39, 0.29) is 6.61 Å². The summed E-state index contributed by atoms with van der Waals surface area (Å²) < 4.78 is 0. The van der Waals surface area contributed by atoms with Gasteiger partial charge in [-0.3, -0.25) is 0 Å². The number of aliphatic hydroxyl groups excluding tert-OH is 1. The van der Waals surface area contributed by atoms with Crippen LogP contribution in [0.25, 0.3) is 11.1 Å². The van der Waals surface area contributed by atoms with Gasteiger partial charge in [-0.05, 0) is 40.5 Å². The molecule has 0 heterocycles. The molecular formula is C14H14ClNO. The molecule has 0 saturated heterocycles. The lowest BCUT2D eigenvalue weighted by Crippen LogP contribution is -1.99. The second kappa shape index (κ2) is 5.32. The third-order valence-electron chi connectivity index (χ3n) is 2.71. The molecule has 0 aliphatic rings. The average Bonchev–Trinajstić information content (AvgIpc) is 2.38. The molecule has 2 aromatic carbocycles. The molecule has 0 saturated carbocycles. The molecular weight excluding hydrogens is 234 g/mol. The first-order chi connectivity index (χ1) is 8.24. The third kappa shape index (κ3) is 2.67. The summed E-state index contributed by atoms with van der Waals surface area (Å²) in [7, 11) is 0. The highest BCUT2D eigenvalue weighted by atomic mass is 35.5. The van der Waals surface area contributed by atoms with E-state index in [1.165, 1.54) is 0 Å². The maximum atomic E-state index is 9.13. The average molecular weight is 248 g/mol. The quantitative estimate of drug-likeness (QED) is 0.876. The van der Waals surface area contributed by atoms with Gasteiger partial charge in [0.15, 0.2) is 0 Å². The Morgan fingerprint density at radius 1 is 1.12 bits per heavy atom. The van der Waals surface area contributed by atoms with Gasteiger partial charge in [-0.1, -0.05) is 35.9 Å². The van der Waals surface area contributed by atoms with Crippen LogP contribution in [0.2, 0.25) is 5.02 Å². The van der Waals surface area contributed by atoms with Gasteiger partial charge in [0, 0.05) is 11.6 Å². The van der Waals surface area contributed by atoms with Gasteiger partial charge in [-0.25, -0.2) is 0 Å². The van der Waals surface area contributed by atoms with Crippen molar-refractivity contribution in [2.75, 3.05) is 0 Å². The molecule has 0 fully saturated rings. The number of aliphatic hydroxyl groups is 1. The van der Waals surface area contributed by atoms with E-state index in [9.17, 15) is 0 Å². The summed E-state index contributed by atoms with van der Waals surface area (Å²) in [6.45, 7) is 0.485. The highest BCUT2D eigenvalue weighted by molar-refractivity contribution is 6.30. The van der Waals surface area contributed by atoms with Crippen LogP contribution in [-0.2, 0) is 13.2 Å². The SMILES string of the molecule is NCc1cc(Cl)ccc1-c1cccc(CO)c1. The first-order valence-corrected chi connectivity index (χ1v) is 5.81. The molecule has 3 N–H and O–H groups in total. The summed E-state index contributed by atoms with van der Waals surface area (Å²) in [6, 6.07) is 13.5. The maximum absolute atomic E-state index is 9.13. The smallest absolute Gasteiger partial charge is 0.0682 e. The minimum atomic E-state index is 0.0411. The highest BCUT2D eigenvalue weighted by Crippen LogP contribution is 2.27. The summed E-state index contributed by atoms with van der Waals surface area (Å²) in [4.78, 5) is 0. The Morgan fingerprint density at radius 3 is 2.65 bits per heavy atom. The van der Waals surface area contributed by atoms with Crippen molar-refractivity contribution in [3.63, 3.8) is 0 Å². The first kappa shape index (κ1) is 12.1. The lowest BCUT2D eigenvalue weighted by molar-refractivity contribution is 0.282. The summed E-state index contributed by atoms with van der Waals surface area (Å²) in [6.07, 6.45) is 0. The number of halogens is 1. The summed E-state index contributed by atoms with van der Waals surface area (Å²) in [5.74, 6) is 0. The molecule has 0 aromatic heterocycles. The molecule has 0 spiro atoms. The molecule has 0 aliphatic carbocycles. The van der Waals surface area contributed by atoms with Crippen LogP contribution >= 0.6 is 11.6 Å². The van der Waals surface area contributed by atoms with Gasteiger partial charge >= 0.3 is 0 Å². The lowest BCUT2D eigenvalue weighted by Gasteiger charge is -2.09. The van der Waals surface area contributed by atoms with Crippen LogP contribution in [-0.4, -0.2) is 5.11 Å². The fourth-order valence-corrected chi connectivity index (χ4v) is 2.04. The van der Waals surface area contributed by atoms with Gasteiger partial charge in [0.2, 0.25) is 0 Å². The minimum absolute atomic E-state index is 0.0411. The largest absolute Gasteiger partial charge is 0.392 e. The molecule has 2 aromatic rings. The second-order valence-electron chi connectivity index (χ2n) is 3.86. The van der Waals surface area contributed by atoms with E-state index < -0.39 is 0 Å². The molecule has 3 heteroatoms. The maximum Gasteiger partial charge on any atom is 0.0682 e. The number of nitrogens with two attached hydrogens (primary N) is 1. The van der Waals surface area contributed by atoms with Crippen LogP contribution in [0.4, 0.5) is 0 Å². The van der Waals surface area contributed by atoms with Crippen molar-refractivity contribution in [3.8, 4) is 11.1 Å². The molecule has 2 rings (SSSR count). The van der Waals surface area contributed by atoms with Gasteiger partial charge in [0.25, 0.3) is 0 Å².